The number of fused-ring (bicyclic) bond motifs is 1. The lowest BCUT2D eigenvalue weighted by molar-refractivity contribution is -0.115. The molecule has 2 atom stereocenters. The van der Waals surface area contributed by atoms with Gasteiger partial charge in [0.1, 0.15) is 0 Å². The number of nitrogens with one attached hydrogen (secondary N) is 1. The summed E-state index contributed by atoms with van der Waals surface area (Å²) < 4.78 is 1.55. The van der Waals surface area contributed by atoms with Crippen LogP contribution in [-0.2, 0) is 4.79 Å². The molecule has 0 saturated heterocycles. The van der Waals surface area contributed by atoms with Gasteiger partial charge in [-0.1, -0.05) is 49.3 Å². The molecule has 0 saturated carbocycles. The zero-order chi connectivity index (χ0) is 24.2. The van der Waals surface area contributed by atoms with Crippen molar-refractivity contribution in [2.24, 2.45) is 0 Å². The van der Waals surface area contributed by atoms with Crippen LogP contribution in [0.15, 0.2) is 70.9 Å². The predicted molar refractivity (Wildman–Crippen MR) is 137 cm³/mol. The Hall–Kier alpha value is -3.23. The van der Waals surface area contributed by atoms with Crippen LogP contribution in [0.25, 0.3) is 16.6 Å². The first-order valence-corrected chi connectivity index (χ1v) is 12.2. The van der Waals surface area contributed by atoms with Crippen LogP contribution in [-0.4, -0.2) is 30.7 Å². The van der Waals surface area contributed by atoms with Crippen molar-refractivity contribution in [1.29, 1.82) is 0 Å². The third kappa shape index (κ3) is 5.13. The zero-order valence-corrected chi connectivity index (χ0v) is 20.6. The van der Waals surface area contributed by atoms with Gasteiger partial charge in [0.2, 0.25) is 11.9 Å². The summed E-state index contributed by atoms with van der Waals surface area (Å²) in [7, 11) is 0. The normalized spacial score (nSPS) is 12.9. The lowest BCUT2D eigenvalue weighted by atomic mass is 9.98. The minimum Gasteiger partial charge on any atom is -0.294 e. The Morgan fingerprint density at radius 2 is 1.82 bits per heavy atom. The summed E-state index contributed by atoms with van der Waals surface area (Å²) in [5, 5.41) is 3.45. The molecule has 1 amide bonds. The van der Waals surface area contributed by atoms with Gasteiger partial charge in [0.15, 0.2) is 5.16 Å². The third-order valence-corrected chi connectivity index (χ3v) is 6.87. The summed E-state index contributed by atoms with van der Waals surface area (Å²) in [4.78, 5) is 39.1. The van der Waals surface area contributed by atoms with Gasteiger partial charge in [0, 0.05) is 17.4 Å². The summed E-state index contributed by atoms with van der Waals surface area (Å²) in [5.74, 6) is 0.340. The Morgan fingerprint density at radius 3 is 2.50 bits per heavy atom. The number of benzene rings is 2. The van der Waals surface area contributed by atoms with Gasteiger partial charge in [-0.15, -0.1) is 0 Å². The number of hydrogen-bond donors (Lipinski definition) is 1. The van der Waals surface area contributed by atoms with E-state index in [1.165, 1.54) is 17.3 Å². The van der Waals surface area contributed by atoms with Crippen LogP contribution in [0.2, 0.25) is 5.02 Å². The molecule has 2 unspecified atom stereocenters. The SMILES string of the molecule is CCC(C)c1ccc(-n2c(SC(C)C(=O)Nc3ncccn3)nc3cc(Cl)ccc3c2=O)cc1. The molecule has 174 valence electrons. The first kappa shape index (κ1) is 23.9. The van der Waals surface area contributed by atoms with E-state index in [0.29, 0.717) is 32.7 Å². The van der Waals surface area contributed by atoms with Crippen molar-refractivity contribution in [3.05, 3.63) is 81.9 Å². The number of nitrogens with zero attached hydrogens (tertiary/aromatic N) is 4. The molecule has 7 nitrogen and oxygen atoms in total. The number of halogens is 1. The second kappa shape index (κ2) is 10.4. The quantitative estimate of drug-likeness (QED) is 0.271. The molecule has 2 aromatic carbocycles. The lowest BCUT2D eigenvalue weighted by Crippen LogP contribution is -2.26. The molecule has 0 spiro atoms. The molecule has 4 aromatic rings. The van der Waals surface area contributed by atoms with Crippen LogP contribution < -0.4 is 10.9 Å². The van der Waals surface area contributed by atoms with E-state index < -0.39 is 5.25 Å². The zero-order valence-electron chi connectivity index (χ0n) is 19.0. The third-order valence-electron chi connectivity index (χ3n) is 5.59. The molecule has 0 bridgehead atoms. The summed E-state index contributed by atoms with van der Waals surface area (Å²) in [6.07, 6.45) is 4.13. The summed E-state index contributed by atoms with van der Waals surface area (Å²) >= 11 is 7.34. The highest BCUT2D eigenvalue weighted by atomic mass is 35.5. The smallest absolute Gasteiger partial charge is 0.266 e. The fraction of sp³-hybridized carbons (Fsp3) is 0.240. The Labute approximate surface area is 206 Å². The van der Waals surface area contributed by atoms with E-state index in [0.717, 1.165) is 6.42 Å². The summed E-state index contributed by atoms with van der Waals surface area (Å²) in [6, 6.07) is 14.6. The minimum atomic E-state index is -0.571. The lowest BCUT2D eigenvalue weighted by Gasteiger charge is -2.17. The number of anilines is 1. The molecule has 9 heteroatoms. The first-order valence-electron chi connectivity index (χ1n) is 10.9. The van der Waals surface area contributed by atoms with Crippen molar-refractivity contribution in [3.63, 3.8) is 0 Å². The van der Waals surface area contributed by atoms with Gasteiger partial charge in [-0.05, 0) is 61.2 Å². The van der Waals surface area contributed by atoms with Crippen molar-refractivity contribution in [3.8, 4) is 5.69 Å². The number of carbonyl (C=O) groups is 1. The summed E-state index contributed by atoms with van der Waals surface area (Å²) in [5.41, 5.74) is 2.14. The van der Waals surface area contributed by atoms with E-state index >= 15 is 0 Å². The van der Waals surface area contributed by atoms with Crippen molar-refractivity contribution >= 4 is 46.1 Å². The average molecular weight is 494 g/mol. The number of hydrogen-bond acceptors (Lipinski definition) is 6. The maximum Gasteiger partial charge on any atom is 0.266 e. The second-order valence-electron chi connectivity index (χ2n) is 7.92. The van der Waals surface area contributed by atoms with E-state index in [9.17, 15) is 9.59 Å². The highest BCUT2D eigenvalue weighted by molar-refractivity contribution is 8.00. The second-order valence-corrected chi connectivity index (χ2v) is 9.66. The molecule has 2 aromatic heterocycles. The largest absolute Gasteiger partial charge is 0.294 e. The Kier molecular flexibility index (Phi) is 7.29. The maximum atomic E-state index is 13.5. The maximum absolute atomic E-state index is 13.5. The van der Waals surface area contributed by atoms with Gasteiger partial charge in [0.25, 0.3) is 5.56 Å². The van der Waals surface area contributed by atoms with Gasteiger partial charge in [-0.2, -0.15) is 0 Å². The first-order chi connectivity index (χ1) is 16.4. The van der Waals surface area contributed by atoms with Gasteiger partial charge in [0.05, 0.1) is 21.8 Å². The van der Waals surface area contributed by atoms with Crippen LogP contribution in [0.5, 0.6) is 0 Å². The average Bonchev–Trinajstić information content (AvgIpc) is 2.84. The van der Waals surface area contributed by atoms with Crippen molar-refractivity contribution in [2.45, 2.75) is 43.5 Å². The Bertz CT molecular complexity index is 1380. The Morgan fingerprint density at radius 1 is 1.12 bits per heavy atom. The fourth-order valence-corrected chi connectivity index (χ4v) is 4.51. The highest BCUT2D eigenvalue weighted by Gasteiger charge is 2.21. The molecular weight excluding hydrogens is 470 g/mol. The standard InChI is InChI=1S/C25H24ClN5O2S/c1-4-15(2)17-6-9-19(10-7-17)31-23(33)20-11-8-18(26)14-21(20)29-25(31)34-16(3)22(32)30-24-27-12-5-13-28-24/h5-16H,4H2,1-3H3,(H,27,28,30,32). The number of carbonyl (C=O) groups excluding carboxylic acids is 1. The molecule has 2 heterocycles. The van der Waals surface area contributed by atoms with E-state index in [-0.39, 0.29) is 17.4 Å². The topological polar surface area (TPSA) is 89.8 Å². The van der Waals surface area contributed by atoms with Gasteiger partial charge in [-0.3, -0.25) is 19.5 Å². The molecule has 0 aliphatic rings. The molecule has 4 rings (SSSR count). The van der Waals surface area contributed by atoms with Crippen molar-refractivity contribution < 1.29 is 4.79 Å². The number of aromatic nitrogens is 4. The van der Waals surface area contributed by atoms with Crippen LogP contribution in [0.1, 0.15) is 38.7 Å². The molecule has 0 radical (unpaired) electrons. The van der Waals surface area contributed by atoms with E-state index in [2.05, 4.69) is 29.1 Å². The molecule has 0 fully saturated rings. The van der Waals surface area contributed by atoms with Crippen LogP contribution >= 0.6 is 23.4 Å². The minimum absolute atomic E-state index is 0.219. The van der Waals surface area contributed by atoms with Crippen molar-refractivity contribution in [2.75, 3.05) is 5.32 Å². The highest BCUT2D eigenvalue weighted by Crippen LogP contribution is 2.27. The molecule has 0 aliphatic heterocycles. The van der Waals surface area contributed by atoms with Gasteiger partial charge < -0.3 is 0 Å². The molecular formula is C25H24ClN5O2S. The van der Waals surface area contributed by atoms with Crippen molar-refractivity contribution in [1.82, 2.24) is 19.5 Å². The molecule has 0 aliphatic carbocycles. The van der Waals surface area contributed by atoms with Gasteiger partial charge in [-0.25, -0.2) is 15.0 Å². The number of amides is 1. The van der Waals surface area contributed by atoms with Crippen LogP contribution in [0.4, 0.5) is 5.95 Å². The Balaban J connectivity index is 1.75. The summed E-state index contributed by atoms with van der Waals surface area (Å²) in [6.45, 7) is 6.05. The number of thioether (sulfide) groups is 1. The van der Waals surface area contributed by atoms with E-state index in [4.69, 9.17) is 16.6 Å². The fourth-order valence-electron chi connectivity index (χ4n) is 3.42. The van der Waals surface area contributed by atoms with E-state index in [1.807, 2.05) is 24.3 Å². The van der Waals surface area contributed by atoms with E-state index in [1.54, 1.807) is 48.1 Å². The van der Waals surface area contributed by atoms with Crippen LogP contribution in [0, 0.1) is 0 Å². The van der Waals surface area contributed by atoms with Gasteiger partial charge >= 0.3 is 0 Å². The molecule has 1 N–H and O–H groups in total. The number of rotatable bonds is 7. The monoisotopic (exact) mass is 493 g/mol. The predicted octanol–water partition coefficient (Wildman–Crippen LogP) is 5.46. The molecule has 34 heavy (non-hydrogen) atoms. The van der Waals surface area contributed by atoms with Crippen LogP contribution in [0.3, 0.4) is 0 Å².